The SMILES string of the molecule is NC1CC2CCC(C1)N2C(=O)CN1CCCC1=O. The highest BCUT2D eigenvalue weighted by molar-refractivity contribution is 5.86. The van der Waals surface area contributed by atoms with Crippen molar-refractivity contribution in [3.05, 3.63) is 0 Å². The molecule has 0 saturated carbocycles. The molecule has 2 unspecified atom stereocenters. The molecule has 3 fully saturated rings. The highest BCUT2D eigenvalue weighted by Crippen LogP contribution is 2.35. The van der Waals surface area contributed by atoms with Crippen molar-refractivity contribution in [3.63, 3.8) is 0 Å². The lowest BCUT2D eigenvalue weighted by Crippen LogP contribution is -2.52. The van der Waals surface area contributed by atoms with Gasteiger partial charge in [-0.3, -0.25) is 9.59 Å². The summed E-state index contributed by atoms with van der Waals surface area (Å²) in [6.45, 7) is 1.02. The van der Waals surface area contributed by atoms with Crippen LogP contribution >= 0.6 is 0 Å². The molecule has 0 spiro atoms. The van der Waals surface area contributed by atoms with E-state index < -0.39 is 0 Å². The molecule has 2 atom stereocenters. The number of piperidine rings is 1. The van der Waals surface area contributed by atoms with Crippen molar-refractivity contribution in [2.24, 2.45) is 5.73 Å². The standard InChI is InChI=1S/C13H21N3O2/c14-9-6-10-3-4-11(7-9)16(10)13(18)8-15-5-1-2-12(15)17/h9-11H,1-8,14H2. The molecule has 3 saturated heterocycles. The maximum Gasteiger partial charge on any atom is 0.242 e. The van der Waals surface area contributed by atoms with Crippen LogP contribution in [0.15, 0.2) is 0 Å². The number of amides is 2. The lowest BCUT2D eigenvalue weighted by atomic mass is 9.98. The van der Waals surface area contributed by atoms with E-state index in [0.29, 0.717) is 18.5 Å². The highest BCUT2D eigenvalue weighted by atomic mass is 16.2. The minimum absolute atomic E-state index is 0.129. The topological polar surface area (TPSA) is 66.6 Å². The average molecular weight is 251 g/mol. The van der Waals surface area contributed by atoms with Crippen LogP contribution in [0.5, 0.6) is 0 Å². The van der Waals surface area contributed by atoms with Gasteiger partial charge in [0.2, 0.25) is 11.8 Å². The normalized spacial score (nSPS) is 35.4. The van der Waals surface area contributed by atoms with Crippen molar-refractivity contribution in [1.82, 2.24) is 9.80 Å². The summed E-state index contributed by atoms with van der Waals surface area (Å²) < 4.78 is 0. The number of nitrogens with two attached hydrogens (primary N) is 1. The molecule has 3 rings (SSSR count). The summed E-state index contributed by atoms with van der Waals surface area (Å²) in [6.07, 6.45) is 5.51. The quantitative estimate of drug-likeness (QED) is 0.756. The van der Waals surface area contributed by atoms with Gasteiger partial charge in [0.25, 0.3) is 0 Å². The minimum Gasteiger partial charge on any atom is -0.335 e. The summed E-state index contributed by atoms with van der Waals surface area (Å²) in [4.78, 5) is 27.6. The second-order valence-corrected chi connectivity index (χ2v) is 5.84. The summed E-state index contributed by atoms with van der Waals surface area (Å²) in [7, 11) is 0. The van der Waals surface area contributed by atoms with Gasteiger partial charge < -0.3 is 15.5 Å². The molecule has 5 heteroatoms. The molecule has 3 aliphatic rings. The molecular formula is C13H21N3O2. The lowest BCUT2D eigenvalue weighted by molar-refractivity contribution is -0.141. The van der Waals surface area contributed by atoms with E-state index >= 15 is 0 Å². The molecule has 100 valence electrons. The van der Waals surface area contributed by atoms with Crippen LogP contribution in [0.25, 0.3) is 0 Å². The first kappa shape index (κ1) is 12.0. The molecule has 0 aromatic carbocycles. The number of nitrogens with zero attached hydrogens (tertiary/aromatic N) is 2. The monoisotopic (exact) mass is 251 g/mol. The van der Waals surface area contributed by atoms with Crippen LogP contribution in [0.2, 0.25) is 0 Å². The van der Waals surface area contributed by atoms with Crippen molar-refractivity contribution in [2.75, 3.05) is 13.1 Å². The van der Waals surface area contributed by atoms with Crippen LogP contribution < -0.4 is 5.73 Å². The van der Waals surface area contributed by atoms with Gasteiger partial charge in [0.1, 0.15) is 0 Å². The van der Waals surface area contributed by atoms with Gasteiger partial charge >= 0.3 is 0 Å². The van der Waals surface area contributed by atoms with Crippen molar-refractivity contribution in [1.29, 1.82) is 0 Å². The number of carbonyl (C=O) groups is 2. The second-order valence-electron chi connectivity index (χ2n) is 5.84. The van der Waals surface area contributed by atoms with Crippen molar-refractivity contribution >= 4 is 11.8 Å². The van der Waals surface area contributed by atoms with Crippen LogP contribution in [-0.4, -0.2) is 52.8 Å². The molecule has 0 aromatic rings. The van der Waals surface area contributed by atoms with E-state index in [2.05, 4.69) is 0 Å². The Kier molecular flexibility index (Phi) is 3.01. The zero-order chi connectivity index (χ0) is 12.7. The maximum absolute atomic E-state index is 12.4. The number of likely N-dealkylation sites (tertiary alicyclic amines) is 1. The number of rotatable bonds is 2. The van der Waals surface area contributed by atoms with E-state index in [1.165, 1.54) is 0 Å². The molecule has 3 aliphatic heterocycles. The molecule has 0 aromatic heterocycles. The highest BCUT2D eigenvalue weighted by Gasteiger charge is 2.42. The van der Waals surface area contributed by atoms with Gasteiger partial charge in [-0.25, -0.2) is 0 Å². The Bertz CT molecular complexity index is 357. The van der Waals surface area contributed by atoms with E-state index in [1.54, 1.807) is 4.90 Å². The van der Waals surface area contributed by atoms with Crippen LogP contribution in [0.3, 0.4) is 0 Å². The smallest absolute Gasteiger partial charge is 0.242 e. The van der Waals surface area contributed by atoms with Gasteiger partial charge in [0.05, 0.1) is 6.54 Å². The molecule has 2 N–H and O–H groups in total. The van der Waals surface area contributed by atoms with E-state index in [1.807, 2.05) is 4.90 Å². The second kappa shape index (κ2) is 4.53. The molecule has 0 aliphatic carbocycles. The largest absolute Gasteiger partial charge is 0.335 e. The molecule has 0 radical (unpaired) electrons. The molecule has 5 nitrogen and oxygen atoms in total. The van der Waals surface area contributed by atoms with E-state index in [0.717, 1.165) is 38.6 Å². The van der Waals surface area contributed by atoms with Gasteiger partial charge in [-0.05, 0) is 32.1 Å². The van der Waals surface area contributed by atoms with Crippen LogP contribution in [0.4, 0.5) is 0 Å². The molecule has 3 heterocycles. The van der Waals surface area contributed by atoms with Crippen molar-refractivity contribution in [3.8, 4) is 0 Å². The summed E-state index contributed by atoms with van der Waals surface area (Å²) in [6, 6.07) is 0.896. The fraction of sp³-hybridized carbons (Fsp3) is 0.846. The zero-order valence-electron chi connectivity index (χ0n) is 10.7. The first-order valence-corrected chi connectivity index (χ1v) is 6.99. The predicted octanol–water partition coefficient (Wildman–Crippen LogP) is 0.0895. The Morgan fingerprint density at radius 3 is 2.50 bits per heavy atom. The fourth-order valence-corrected chi connectivity index (χ4v) is 3.74. The molecular weight excluding hydrogens is 230 g/mol. The number of carbonyl (C=O) groups excluding carboxylic acids is 2. The zero-order valence-corrected chi connectivity index (χ0v) is 10.7. The maximum atomic E-state index is 12.4. The first-order valence-electron chi connectivity index (χ1n) is 6.99. The summed E-state index contributed by atoms with van der Waals surface area (Å²) >= 11 is 0. The van der Waals surface area contributed by atoms with Gasteiger partial charge in [0, 0.05) is 31.1 Å². The van der Waals surface area contributed by atoms with Gasteiger partial charge in [0.15, 0.2) is 0 Å². The van der Waals surface area contributed by atoms with Gasteiger partial charge in [-0.15, -0.1) is 0 Å². The fourth-order valence-electron chi connectivity index (χ4n) is 3.74. The number of fused-ring (bicyclic) bond motifs is 2. The lowest BCUT2D eigenvalue weighted by Gasteiger charge is -2.38. The molecule has 18 heavy (non-hydrogen) atoms. The third kappa shape index (κ3) is 2.00. The minimum atomic E-state index is 0.129. The Morgan fingerprint density at radius 1 is 1.28 bits per heavy atom. The van der Waals surface area contributed by atoms with E-state index in [4.69, 9.17) is 5.73 Å². The molecule has 2 bridgehead atoms. The Labute approximate surface area is 107 Å². The van der Waals surface area contributed by atoms with E-state index in [-0.39, 0.29) is 24.4 Å². The van der Waals surface area contributed by atoms with Crippen molar-refractivity contribution < 1.29 is 9.59 Å². The Hall–Kier alpha value is -1.10. The Morgan fingerprint density at radius 2 is 1.94 bits per heavy atom. The van der Waals surface area contributed by atoms with Gasteiger partial charge in [-0.2, -0.15) is 0 Å². The first-order chi connectivity index (χ1) is 8.65. The van der Waals surface area contributed by atoms with Crippen LogP contribution in [0, 0.1) is 0 Å². The predicted molar refractivity (Wildman–Crippen MR) is 66.7 cm³/mol. The summed E-state index contributed by atoms with van der Waals surface area (Å²) in [5, 5.41) is 0. The van der Waals surface area contributed by atoms with Crippen molar-refractivity contribution in [2.45, 2.75) is 56.7 Å². The Balaban J connectivity index is 1.64. The summed E-state index contributed by atoms with van der Waals surface area (Å²) in [5.74, 6) is 0.258. The summed E-state index contributed by atoms with van der Waals surface area (Å²) in [5.41, 5.74) is 6.00. The number of hydrogen-bond acceptors (Lipinski definition) is 3. The average Bonchev–Trinajstić information content (AvgIpc) is 2.82. The van der Waals surface area contributed by atoms with Gasteiger partial charge in [-0.1, -0.05) is 0 Å². The number of hydrogen-bond donors (Lipinski definition) is 1. The van der Waals surface area contributed by atoms with Crippen LogP contribution in [0.1, 0.15) is 38.5 Å². The van der Waals surface area contributed by atoms with Crippen LogP contribution in [-0.2, 0) is 9.59 Å². The third-order valence-corrected chi connectivity index (χ3v) is 4.56. The third-order valence-electron chi connectivity index (χ3n) is 4.56. The van der Waals surface area contributed by atoms with E-state index in [9.17, 15) is 9.59 Å². The molecule has 2 amide bonds.